The number of hydrogen-bond donors (Lipinski definition) is 0. The van der Waals surface area contributed by atoms with Gasteiger partial charge in [-0.15, -0.1) is 0 Å². The van der Waals surface area contributed by atoms with E-state index in [2.05, 4.69) is 200 Å². The highest BCUT2D eigenvalue weighted by molar-refractivity contribution is 7.00. The molecular weight excluding hydrogens is 655 g/mol. The molecular formula is C49H53BN4. The Balaban J connectivity index is 1.52. The average molecular weight is 709 g/mol. The van der Waals surface area contributed by atoms with Crippen molar-refractivity contribution >= 4 is 74.1 Å². The lowest BCUT2D eigenvalue weighted by molar-refractivity contribution is 0.590. The molecule has 4 aromatic carbocycles. The Bertz CT molecular complexity index is 2480. The number of hydrogen-bond acceptors (Lipinski definition) is 3. The first-order valence-electron chi connectivity index (χ1n) is 19.4. The normalized spacial score (nSPS) is 14.3. The Morgan fingerprint density at radius 1 is 0.667 bits per heavy atom. The van der Waals surface area contributed by atoms with Crippen LogP contribution >= 0.6 is 0 Å². The topological polar surface area (TPSA) is 24.3 Å². The van der Waals surface area contributed by atoms with E-state index in [1.165, 1.54) is 61.2 Å². The number of aryl methyl sites for hydroxylation is 1. The molecule has 0 fully saturated rings. The molecule has 5 heteroatoms. The van der Waals surface area contributed by atoms with Crippen LogP contribution in [0.4, 0.5) is 34.3 Å². The van der Waals surface area contributed by atoms with Crippen molar-refractivity contribution < 1.29 is 0 Å². The lowest BCUT2D eigenvalue weighted by atomic mass is 9.35. The van der Waals surface area contributed by atoms with Crippen molar-refractivity contribution in [3.8, 4) is 0 Å². The maximum atomic E-state index is 5.50. The first kappa shape index (κ1) is 35.7. The fourth-order valence-electron chi connectivity index (χ4n) is 8.52. The van der Waals surface area contributed by atoms with Gasteiger partial charge in [-0.05, 0) is 106 Å². The zero-order chi connectivity index (χ0) is 38.5. The molecule has 4 heterocycles. The second-order valence-electron chi connectivity index (χ2n) is 18.4. The van der Waals surface area contributed by atoms with Gasteiger partial charge in [-0.1, -0.05) is 130 Å². The van der Waals surface area contributed by atoms with E-state index in [4.69, 9.17) is 4.98 Å². The van der Waals surface area contributed by atoms with Crippen molar-refractivity contribution in [3.05, 3.63) is 138 Å². The second kappa shape index (κ2) is 12.4. The summed E-state index contributed by atoms with van der Waals surface area (Å²) in [4.78, 5) is 10.4. The molecule has 54 heavy (non-hydrogen) atoms. The van der Waals surface area contributed by atoms with E-state index in [9.17, 15) is 0 Å². The van der Waals surface area contributed by atoms with E-state index in [-0.39, 0.29) is 23.0 Å². The lowest BCUT2D eigenvalue weighted by Gasteiger charge is -2.43. The number of allylic oxidation sites excluding steroid dienone is 3. The van der Waals surface area contributed by atoms with Gasteiger partial charge >= 0.3 is 0 Å². The number of benzene rings is 4. The highest BCUT2D eigenvalue weighted by Crippen LogP contribution is 2.47. The van der Waals surface area contributed by atoms with Gasteiger partial charge in [-0.25, -0.2) is 4.98 Å². The molecule has 2 aromatic heterocycles. The molecule has 272 valence electrons. The van der Waals surface area contributed by atoms with Gasteiger partial charge in [0.1, 0.15) is 5.82 Å². The number of aromatic nitrogens is 2. The largest absolute Gasteiger partial charge is 0.323 e. The smallest absolute Gasteiger partial charge is 0.275 e. The highest BCUT2D eigenvalue weighted by atomic mass is 15.2. The van der Waals surface area contributed by atoms with Crippen LogP contribution in [0.15, 0.2) is 116 Å². The van der Waals surface area contributed by atoms with Gasteiger partial charge in [0.05, 0.1) is 11.2 Å². The van der Waals surface area contributed by atoms with E-state index in [0.717, 1.165) is 28.6 Å². The van der Waals surface area contributed by atoms with E-state index in [0.29, 0.717) is 0 Å². The summed E-state index contributed by atoms with van der Waals surface area (Å²) in [6, 6.07) is 36.7. The fourth-order valence-corrected chi connectivity index (χ4v) is 8.52. The number of fused-ring (bicyclic) bond motifs is 6. The van der Waals surface area contributed by atoms with Crippen LogP contribution in [0.2, 0.25) is 0 Å². The van der Waals surface area contributed by atoms with Crippen molar-refractivity contribution in [1.29, 1.82) is 0 Å². The van der Waals surface area contributed by atoms with Gasteiger partial charge in [0.25, 0.3) is 6.71 Å². The van der Waals surface area contributed by atoms with Gasteiger partial charge < -0.3 is 9.47 Å². The zero-order valence-electron chi connectivity index (χ0n) is 34.0. The maximum absolute atomic E-state index is 5.50. The Labute approximate surface area is 323 Å². The maximum Gasteiger partial charge on any atom is 0.275 e. The third kappa shape index (κ3) is 5.63. The first-order valence-corrected chi connectivity index (χ1v) is 19.4. The van der Waals surface area contributed by atoms with Gasteiger partial charge in [-0.2, -0.15) is 0 Å². The molecule has 0 saturated carbocycles. The molecule has 0 N–H and O–H groups in total. The van der Waals surface area contributed by atoms with Crippen molar-refractivity contribution in [2.75, 3.05) is 9.80 Å². The van der Waals surface area contributed by atoms with E-state index < -0.39 is 0 Å². The summed E-state index contributed by atoms with van der Waals surface area (Å²) >= 11 is 0. The standard InChI is InChI=1S/C49H53BN4/c1-13-16-32(3)52-40-18-15-14-17-38(40)44-45(52)50-39-28-23-35(49(10,11)12)30-41(39)54(37-26-21-34(22-27-37)48(7,8)9)46-43(50)42(29-31(2)51-46)53(44)36-24-19-33(20-25-36)47(4,5)6/h13-30H,1H2,2-12H3/b32-16+. The predicted molar refractivity (Wildman–Crippen MR) is 235 cm³/mol. The molecule has 0 atom stereocenters. The van der Waals surface area contributed by atoms with Crippen LogP contribution in [0.1, 0.15) is 91.6 Å². The zero-order valence-corrected chi connectivity index (χ0v) is 34.0. The van der Waals surface area contributed by atoms with Crippen LogP contribution in [0.5, 0.6) is 0 Å². The van der Waals surface area contributed by atoms with Crippen LogP contribution in [0.3, 0.4) is 0 Å². The SMILES string of the molecule is C=C/C=C(\C)n1c2c(c3ccccc31)N(c1ccc(C(C)(C)C)cc1)c1cc(C)nc3c1B2c1ccc(C(C)(C)C)cc1N3c1ccc(C(C)(C)C)cc1. The van der Waals surface area contributed by atoms with Crippen molar-refractivity contribution in [2.24, 2.45) is 0 Å². The Hall–Kier alpha value is -5.29. The molecule has 0 saturated heterocycles. The summed E-state index contributed by atoms with van der Waals surface area (Å²) in [5.41, 5.74) is 16.9. The summed E-state index contributed by atoms with van der Waals surface area (Å²) in [7, 11) is 0. The summed E-state index contributed by atoms with van der Waals surface area (Å²) in [5.74, 6) is 0.987. The fraction of sp³-hybridized carbons (Fsp3) is 0.286. The molecule has 4 nitrogen and oxygen atoms in total. The number of anilines is 6. The molecule has 0 radical (unpaired) electrons. The van der Waals surface area contributed by atoms with Crippen LogP contribution < -0.4 is 26.3 Å². The van der Waals surface area contributed by atoms with Crippen molar-refractivity contribution in [1.82, 2.24) is 9.55 Å². The monoisotopic (exact) mass is 708 g/mol. The van der Waals surface area contributed by atoms with Crippen LogP contribution in [0, 0.1) is 6.92 Å². The number of pyridine rings is 1. The van der Waals surface area contributed by atoms with E-state index >= 15 is 0 Å². The van der Waals surface area contributed by atoms with Gasteiger partial charge in [0, 0.05) is 45.1 Å². The number of para-hydroxylation sites is 1. The Morgan fingerprint density at radius 3 is 1.80 bits per heavy atom. The van der Waals surface area contributed by atoms with Crippen LogP contribution in [-0.2, 0) is 16.2 Å². The lowest BCUT2D eigenvalue weighted by Crippen LogP contribution is -2.63. The third-order valence-corrected chi connectivity index (χ3v) is 11.4. The quantitative estimate of drug-likeness (QED) is 0.134. The minimum Gasteiger partial charge on any atom is -0.323 e. The Morgan fingerprint density at radius 2 is 1.22 bits per heavy atom. The summed E-state index contributed by atoms with van der Waals surface area (Å²) in [5, 5.41) is 1.22. The minimum atomic E-state index is -0.0714. The first-order chi connectivity index (χ1) is 25.5. The highest BCUT2D eigenvalue weighted by Gasteiger charge is 2.47. The van der Waals surface area contributed by atoms with Gasteiger partial charge in [-0.3, -0.25) is 4.90 Å². The van der Waals surface area contributed by atoms with Crippen LogP contribution in [0.25, 0.3) is 16.6 Å². The number of nitrogens with zero attached hydrogens (tertiary/aromatic N) is 4. The molecule has 0 amide bonds. The van der Waals surface area contributed by atoms with E-state index in [1.54, 1.807) is 0 Å². The summed E-state index contributed by atoms with van der Waals surface area (Å²) in [6.45, 7) is 29.0. The van der Waals surface area contributed by atoms with Gasteiger partial charge in [0.2, 0.25) is 0 Å². The van der Waals surface area contributed by atoms with Crippen LogP contribution in [-0.4, -0.2) is 16.3 Å². The predicted octanol–water partition coefficient (Wildman–Crippen LogP) is 11.4. The molecule has 8 rings (SSSR count). The molecule has 0 aliphatic carbocycles. The third-order valence-electron chi connectivity index (χ3n) is 11.4. The van der Waals surface area contributed by atoms with Crippen molar-refractivity contribution in [3.63, 3.8) is 0 Å². The Kier molecular flexibility index (Phi) is 8.19. The summed E-state index contributed by atoms with van der Waals surface area (Å²) in [6.07, 6.45) is 4.04. The molecule has 2 aliphatic heterocycles. The summed E-state index contributed by atoms with van der Waals surface area (Å²) < 4.78 is 2.48. The molecule has 0 spiro atoms. The van der Waals surface area contributed by atoms with E-state index in [1.807, 2.05) is 6.08 Å². The van der Waals surface area contributed by atoms with Crippen molar-refractivity contribution in [2.45, 2.75) is 92.4 Å². The minimum absolute atomic E-state index is 0.0335. The number of rotatable bonds is 4. The molecule has 6 aromatic rings. The average Bonchev–Trinajstić information content (AvgIpc) is 3.45. The molecule has 2 aliphatic rings. The van der Waals surface area contributed by atoms with Gasteiger partial charge in [0.15, 0.2) is 0 Å². The molecule has 0 unspecified atom stereocenters. The molecule has 0 bridgehead atoms. The second-order valence-corrected chi connectivity index (χ2v) is 18.4.